The Bertz CT molecular complexity index is 504. The van der Waals surface area contributed by atoms with Crippen molar-refractivity contribution in [3.63, 3.8) is 0 Å². The molecule has 0 saturated carbocycles. The van der Waals surface area contributed by atoms with Crippen LogP contribution in [-0.2, 0) is 19.3 Å². The summed E-state index contributed by atoms with van der Waals surface area (Å²) in [5, 5.41) is 9.60. The van der Waals surface area contributed by atoms with Gasteiger partial charge in [-0.1, -0.05) is 47.5 Å². The zero-order valence-corrected chi connectivity index (χ0v) is 14.7. The van der Waals surface area contributed by atoms with Crippen molar-refractivity contribution in [2.45, 2.75) is 66.7 Å². The van der Waals surface area contributed by atoms with Crippen LogP contribution >= 0.6 is 0 Å². The minimum atomic E-state index is -0.892. The van der Waals surface area contributed by atoms with Gasteiger partial charge in [0.2, 0.25) is 0 Å². The van der Waals surface area contributed by atoms with Crippen molar-refractivity contribution in [3.05, 3.63) is 28.3 Å². The Hall–Kier alpha value is -1.51. The van der Waals surface area contributed by atoms with Crippen molar-refractivity contribution in [1.82, 2.24) is 0 Å². The van der Waals surface area contributed by atoms with Crippen LogP contribution in [0.3, 0.4) is 0 Å². The fourth-order valence-electron chi connectivity index (χ4n) is 2.84. The summed E-state index contributed by atoms with van der Waals surface area (Å²) in [4.78, 5) is 11.7. The standard InChI is InChI=1S/C19H30O3/c1-6-9-14-11-17(19(20)21)18(22-12-13(4)5)16(10-7-2)15(14)8-3/h11,13H,6-10,12H2,1-5H3,(H,20,21). The number of carbonyl (C=O) groups is 1. The number of rotatable bonds is 9. The molecule has 0 unspecified atom stereocenters. The summed E-state index contributed by atoms with van der Waals surface area (Å²) in [6.07, 6.45) is 4.71. The Kier molecular flexibility index (Phi) is 7.43. The molecule has 124 valence electrons. The van der Waals surface area contributed by atoms with Crippen LogP contribution in [-0.4, -0.2) is 17.7 Å². The first-order valence-electron chi connectivity index (χ1n) is 8.49. The number of aryl methyl sites for hydroxylation is 1. The quantitative estimate of drug-likeness (QED) is 0.706. The van der Waals surface area contributed by atoms with Gasteiger partial charge in [0.25, 0.3) is 0 Å². The van der Waals surface area contributed by atoms with Gasteiger partial charge in [-0.25, -0.2) is 4.79 Å². The Morgan fingerprint density at radius 2 is 1.77 bits per heavy atom. The Morgan fingerprint density at radius 3 is 2.23 bits per heavy atom. The number of hydrogen-bond acceptors (Lipinski definition) is 2. The van der Waals surface area contributed by atoms with Crippen LogP contribution in [0.15, 0.2) is 6.07 Å². The van der Waals surface area contributed by atoms with Gasteiger partial charge in [-0.2, -0.15) is 0 Å². The fraction of sp³-hybridized carbons (Fsp3) is 0.632. The molecule has 1 N–H and O–H groups in total. The Morgan fingerprint density at radius 1 is 1.14 bits per heavy atom. The summed E-state index contributed by atoms with van der Waals surface area (Å²) in [5.74, 6) is 0.0763. The molecule has 3 nitrogen and oxygen atoms in total. The molecular formula is C19H30O3. The highest BCUT2D eigenvalue weighted by Crippen LogP contribution is 2.33. The molecule has 0 amide bonds. The maximum absolute atomic E-state index is 11.7. The van der Waals surface area contributed by atoms with Crippen LogP contribution in [0.2, 0.25) is 0 Å². The van der Waals surface area contributed by atoms with E-state index in [1.54, 1.807) is 0 Å². The van der Waals surface area contributed by atoms with Crippen LogP contribution in [0.25, 0.3) is 0 Å². The molecule has 0 spiro atoms. The molecule has 0 aliphatic rings. The third-order valence-corrected chi connectivity index (χ3v) is 3.75. The van der Waals surface area contributed by atoms with E-state index in [0.717, 1.165) is 37.7 Å². The van der Waals surface area contributed by atoms with E-state index in [4.69, 9.17) is 4.74 Å². The zero-order valence-electron chi connectivity index (χ0n) is 14.7. The highest BCUT2D eigenvalue weighted by Gasteiger charge is 2.21. The summed E-state index contributed by atoms with van der Waals surface area (Å²) < 4.78 is 5.94. The van der Waals surface area contributed by atoms with Gasteiger partial charge in [-0.3, -0.25) is 0 Å². The topological polar surface area (TPSA) is 46.5 Å². The maximum Gasteiger partial charge on any atom is 0.339 e. The second kappa shape index (κ2) is 8.82. The van der Waals surface area contributed by atoms with E-state index in [-0.39, 0.29) is 0 Å². The van der Waals surface area contributed by atoms with E-state index < -0.39 is 5.97 Å². The number of ether oxygens (including phenoxy) is 1. The Balaban J connectivity index is 3.49. The van der Waals surface area contributed by atoms with Crippen molar-refractivity contribution >= 4 is 5.97 Å². The van der Waals surface area contributed by atoms with Gasteiger partial charge >= 0.3 is 5.97 Å². The molecule has 0 aliphatic heterocycles. The first kappa shape index (κ1) is 18.5. The van der Waals surface area contributed by atoms with Gasteiger partial charge in [0.1, 0.15) is 11.3 Å². The molecule has 0 radical (unpaired) electrons. The maximum atomic E-state index is 11.7. The highest BCUT2D eigenvalue weighted by molar-refractivity contribution is 5.92. The molecule has 0 aromatic heterocycles. The molecule has 1 aromatic rings. The van der Waals surface area contributed by atoms with Crippen molar-refractivity contribution < 1.29 is 14.6 Å². The van der Waals surface area contributed by atoms with E-state index in [0.29, 0.717) is 23.8 Å². The van der Waals surface area contributed by atoms with Crippen molar-refractivity contribution in [2.75, 3.05) is 6.61 Å². The zero-order chi connectivity index (χ0) is 16.7. The van der Waals surface area contributed by atoms with Gasteiger partial charge in [0.15, 0.2) is 0 Å². The molecule has 3 heteroatoms. The first-order valence-corrected chi connectivity index (χ1v) is 8.49. The van der Waals surface area contributed by atoms with Crippen LogP contribution in [0.4, 0.5) is 0 Å². The lowest BCUT2D eigenvalue weighted by Crippen LogP contribution is -2.14. The average molecular weight is 306 g/mol. The first-order chi connectivity index (χ1) is 10.5. The minimum absolute atomic E-state index is 0.324. The molecule has 0 saturated heterocycles. The van der Waals surface area contributed by atoms with E-state index in [9.17, 15) is 9.90 Å². The minimum Gasteiger partial charge on any atom is -0.492 e. The number of aromatic carboxylic acids is 1. The average Bonchev–Trinajstić information content (AvgIpc) is 2.46. The molecule has 0 atom stereocenters. The summed E-state index contributed by atoms with van der Waals surface area (Å²) in [5.41, 5.74) is 3.88. The number of hydrogen-bond donors (Lipinski definition) is 1. The summed E-state index contributed by atoms with van der Waals surface area (Å²) in [6.45, 7) is 11.1. The van der Waals surface area contributed by atoms with E-state index in [2.05, 4.69) is 34.6 Å². The lowest BCUT2D eigenvalue weighted by atomic mass is 9.90. The second-order valence-corrected chi connectivity index (χ2v) is 6.23. The molecule has 1 rings (SSSR count). The monoisotopic (exact) mass is 306 g/mol. The number of benzene rings is 1. The summed E-state index contributed by atoms with van der Waals surface area (Å²) >= 11 is 0. The van der Waals surface area contributed by atoms with Gasteiger partial charge < -0.3 is 9.84 Å². The molecule has 1 aromatic carbocycles. The van der Waals surface area contributed by atoms with Crippen molar-refractivity contribution in [3.8, 4) is 5.75 Å². The normalized spacial score (nSPS) is 11.0. The molecular weight excluding hydrogens is 276 g/mol. The largest absolute Gasteiger partial charge is 0.492 e. The highest BCUT2D eigenvalue weighted by atomic mass is 16.5. The van der Waals surface area contributed by atoms with Gasteiger partial charge in [0.05, 0.1) is 6.61 Å². The molecule has 22 heavy (non-hydrogen) atoms. The van der Waals surface area contributed by atoms with Crippen molar-refractivity contribution in [1.29, 1.82) is 0 Å². The predicted molar refractivity (Wildman–Crippen MR) is 91.1 cm³/mol. The Labute approximate surface area is 134 Å². The van der Waals surface area contributed by atoms with E-state index in [1.165, 1.54) is 11.1 Å². The van der Waals surface area contributed by atoms with Gasteiger partial charge in [-0.05, 0) is 47.9 Å². The van der Waals surface area contributed by atoms with E-state index in [1.807, 2.05) is 6.07 Å². The van der Waals surface area contributed by atoms with E-state index >= 15 is 0 Å². The number of carboxylic acid groups (broad SMARTS) is 1. The summed E-state index contributed by atoms with van der Waals surface area (Å²) in [7, 11) is 0. The number of carboxylic acids is 1. The van der Waals surface area contributed by atoms with Gasteiger partial charge in [-0.15, -0.1) is 0 Å². The SMILES string of the molecule is CCCc1cc(C(=O)O)c(OCC(C)C)c(CCC)c1CC. The van der Waals surface area contributed by atoms with Gasteiger partial charge in [0, 0.05) is 0 Å². The van der Waals surface area contributed by atoms with Crippen LogP contribution < -0.4 is 4.74 Å². The lowest BCUT2D eigenvalue weighted by Gasteiger charge is -2.21. The van der Waals surface area contributed by atoms with Crippen molar-refractivity contribution in [2.24, 2.45) is 5.92 Å². The summed E-state index contributed by atoms with van der Waals surface area (Å²) in [6, 6.07) is 1.83. The molecule has 0 bridgehead atoms. The molecule has 0 heterocycles. The van der Waals surface area contributed by atoms with Crippen LogP contribution in [0.5, 0.6) is 5.75 Å². The second-order valence-electron chi connectivity index (χ2n) is 6.23. The molecule has 0 aliphatic carbocycles. The van der Waals surface area contributed by atoms with Crippen LogP contribution in [0, 0.1) is 5.92 Å². The fourth-order valence-corrected chi connectivity index (χ4v) is 2.84. The predicted octanol–water partition coefficient (Wildman–Crippen LogP) is 4.89. The smallest absolute Gasteiger partial charge is 0.339 e. The third-order valence-electron chi connectivity index (χ3n) is 3.75. The van der Waals surface area contributed by atoms with Crippen LogP contribution in [0.1, 0.15) is 74.5 Å². The third kappa shape index (κ3) is 4.49. The lowest BCUT2D eigenvalue weighted by molar-refractivity contribution is 0.0691. The molecule has 0 fully saturated rings.